The molecule has 0 spiro atoms. The summed E-state index contributed by atoms with van der Waals surface area (Å²) in [5.74, 6) is -0.541. The molecule has 12 heteroatoms. The topological polar surface area (TPSA) is 124 Å². The first-order valence-electron chi connectivity index (χ1n) is 14.0. The lowest BCUT2D eigenvalue weighted by Gasteiger charge is -2.36. The highest BCUT2D eigenvalue weighted by Gasteiger charge is 2.33. The number of amides is 2. The van der Waals surface area contributed by atoms with Gasteiger partial charge in [-0.2, -0.15) is 0 Å². The number of nitrogens with one attached hydrogen (secondary N) is 2. The summed E-state index contributed by atoms with van der Waals surface area (Å²) in [6.45, 7) is 0.364. The van der Waals surface area contributed by atoms with Crippen LogP contribution in [0.15, 0.2) is 85.2 Å². The van der Waals surface area contributed by atoms with E-state index in [0.29, 0.717) is 23.8 Å². The third-order valence-corrected chi connectivity index (χ3v) is 8.03. The van der Waals surface area contributed by atoms with E-state index in [1.54, 1.807) is 35.2 Å². The second-order valence-electron chi connectivity index (χ2n) is 10.3. The Morgan fingerprint density at radius 3 is 2.34 bits per heavy atom. The van der Waals surface area contributed by atoms with Crippen LogP contribution in [0.4, 0.5) is 10.5 Å². The fourth-order valence-electron chi connectivity index (χ4n) is 4.96. The van der Waals surface area contributed by atoms with Gasteiger partial charge in [-0.05, 0) is 28.8 Å². The maximum Gasteiger partial charge on any atom is 0.328 e. The van der Waals surface area contributed by atoms with E-state index in [1.807, 2.05) is 54.6 Å². The number of hydrogen-bond donors (Lipinski definition) is 3. The van der Waals surface area contributed by atoms with Crippen molar-refractivity contribution in [2.45, 2.75) is 50.5 Å². The molecular formula is C32H32Cl2N4O6. The number of halogens is 2. The van der Waals surface area contributed by atoms with E-state index in [2.05, 4.69) is 15.6 Å². The minimum absolute atomic E-state index is 0.0468. The van der Waals surface area contributed by atoms with Gasteiger partial charge in [-0.15, -0.1) is 0 Å². The number of methoxy groups -OCH3 is 1. The Morgan fingerprint density at radius 1 is 1.00 bits per heavy atom. The van der Waals surface area contributed by atoms with Gasteiger partial charge in [-0.3, -0.25) is 0 Å². The van der Waals surface area contributed by atoms with Gasteiger partial charge in [0.2, 0.25) is 0 Å². The minimum atomic E-state index is -0.857. The summed E-state index contributed by atoms with van der Waals surface area (Å²) in [4.78, 5) is 29.2. The fraction of sp³-hybridized carbons (Fsp3) is 0.281. The largest absolute Gasteiger partial charge is 0.467 e. The number of nitrogens with zero attached hydrogens (tertiary/aromatic N) is 2. The molecule has 4 atom stereocenters. The quantitative estimate of drug-likeness (QED) is 0.187. The number of ether oxygens (including phenoxy) is 3. The van der Waals surface area contributed by atoms with Crippen molar-refractivity contribution < 1.29 is 28.9 Å². The highest BCUT2D eigenvalue weighted by molar-refractivity contribution is 6.40. The molecule has 2 amide bonds. The Kier molecular flexibility index (Phi) is 10.5. The summed E-state index contributed by atoms with van der Waals surface area (Å²) in [6, 6.07) is 22.6. The minimum Gasteiger partial charge on any atom is -0.467 e. The fourth-order valence-corrected chi connectivity index (χ4v) is 5.27. The summed E-state index contributed by atoms with van der Waals surface area (Å²) < 4.78 is 19.3. The Bertz CT molecular complexity index is 1550. The van der Waals surface area contributed by atoms with Crippen LogP contribution in [0.1, 0.15) is 41.1 Å². The molecule has 10 nitrogen and oxygen atoms in total. The maximum absolute atomic E-state index is 12.8. The summed E-state index contributed by atoms with van der Waals surface area (Å²) in [7, 11) is 1.28. The molecule has 230 valence electrons. The molecule has 3 N–H and O–H groups in total. The predicted molar refractivity (Wildman–Crippen MR) is 165 cm³/mol. The van der Waals surface area contributed by atoms with Gasteiger partial charge in [0.25, 0.3) is 0 Å². The first-order chi connectivity index (χ1) is 21.3. The monoisotopic (exact) mass is 638 g/mol. The average Bonchev–Trinajstić information content (AvgIpc) is 3.37. The van der Waals surface area contributed by atoms with Gasteiger partial charge >= 0.3 is 12.0 Å². The van der Waals surface area contributed by atoms with Crippen LogP contribution >= 0.6 is 23.2 Å². The van der Waals surface area contributed by atoms with Crippen LogP contribution in [-0.4, -0.2) is 45.9 Å². The van der Waals surface area contributed by atoms with Gasteiger partial charge in [0, 0.05) is 24.1 Å². The Hall–Kier alpha value is -3.93. The molecule has 3 aromatic carbocycles. The average molecular weight is 640 g/mol. The number of hydrogen-bond acceptors (Lipinski definition) is 7. The number of benzene rings is 3. The summed E-state index contributed by atoms with van der Waals surface area (Å²) in [6.07, 6.45) is 1.10. The van der Waals surface area contributed by atoms with Crippen molar-refractivity contribution >= 4 is 40.9 Å². The van der Waals surface area contributed by atoms with Crippen molar-refractivity contribution in [3.05, 3.63) is 118 Å². The molecule has 1 aliphatic heterocycles. The SMILES string of the molecule is COC(=O)C(Cc1ccccc1)NC(=O)Nc1ccc(C2OC(Cn3cnc(Cl)c3Cl)CC(c3ccc(CO)cc3)O2)cc1. The van der Waals surface area contributed by atoms with Crippen LogP contribution in [-0.2, 0) is 38.6 Å². The van der Waals surface area contributed by atoms with Crippen LogP contribution in [0.25, 0.3) is 0 Å². The molecule has 5 rings (SSSR count). The Balaban J connectivity index is 1.28. The van der Waals surface area contributed by atoms with Gasteiger partial charge in [0.1, 0.15) is 11.2 Å². The van der Waals surface area contributed by atoms with Crippen LogP contribution in [0.5, 0.6) is 0 Å². The zero-order chi connectivity index (χ0) is 31.1. The molecule has 1 saturated heterocycles. The van der Waals surface area contributed by atoms with Crippen molar-refractivity contribution in [3.63, 3.8) is 0 Å². The van der Waals surface area contributed by atoms with Gasteiger partial charge in [-0.1, -0.05) is 89.9 Å². The first kappa shape index (κ1) is 31.5. The second-order valence-corrected chi connectivity index (χ2v) is 11.0. The third kappa shape index (κ3) is 7.96. The summed E-state index contributed by atoms with van der Waals surface area (Å²) in [5, 5.41) is 15.5. The van der Waals surface area contributed by atoms with Gasteiger partial charge in [0.05, 0.1) is 38.8 Å². The third-order valence-electron chi connectivity index (χ3n) is 7.26. The molecule has 0 aliphatic carbocycles. The molecule has 0 bridgehead atoms. The van der Waals surface area contributed by atoms with E-state index in [1.165, 1.54) is 7.11 Å². The molecule has 4 unspecified atom stereocenters. The van der Waals surface area contributed by atoms with Crippen LogP contribution < -0.4 is 10.6 Å². The van der Waals surface area contributed by atoms with Gasteiger partial charge in [0.15, 0.2) is 11.4 Å². The Labute approximate surface area is 264 Å². The predicted octanol–water partition coefficient (Wildman–Crippen LogP) is 5.83. The number of aliphatic hydroxyl groups excluding tert-OH is 1. The van der Waals surface area contributed by atoms with Crippen LogP contribution in [0, 0.1) is 0 Å². The first-order valence-corrected chi connectivity index (χ1v) is 14.7. The molecule has 0 radical (unpaired) electrons. The number of imidazole rings is 1. The molecule has 0 saturated carbocycles. The number of aliphatic hydroxyl groups is 1. The Morgan fingerprint density at radius 2 is 1.70 bits per heavy atom. The normalized spacial score (nSPS) is 18.8. The molecule has 1 fully saturated rings. The number of esters is 1. The van der Waals surface area contributed by atoms with Crippen molar-refractivity contribution in [1.82, 2.24) is 14.9 Å². The van der Waals surface area contributed by atoms with E-state index >= 15 is 0 Å². The lowest BCUT2D eigenvalue weighted by atomic mass is 10.00. The highest BCUT2D eigenvalue weighted by Crippen LogP contribution is 2.39. The maximum atomic E-state index is 12.8. The highest BCUT2D eigenvalue weighted by atomic mass is 35.5. The molecule has 1 aliphatic rings. The van der Waals surface area contributed by atoms with Crippen molar-refractivity contribution in [2.75, 3.05) is 12.4 Å². The molecule has 44 heavy (non-hydrogen) atoms. The number of aromatic nitrogens is 2. The van der Waals surface area contributed by atoms with Crippen molar-refractivity contribution in [1.29, 1.82) is 0 Å². The summed E-state index contributed by atoms with van der Waals surface area (Å²) >= 11 is 12.4. The number of carbonyl (C=O) groups is 2. The summed E-state index contributed by atoms with van der Waals surface area (Å²) in [5.41, 5.74) is 3.89. The molecule has 4 aromatic rings. The van der Waals surface area contributed by atoms with E-state index in [4.69, 9.17) is 37.4 Å². The van der Waals surface area contributed by atoms with E-state index in [9.17, 15) is 14.7 Å². The molecule has 1 aromatic heterocycles. The van der Waals surface area contributed by atoms with Crippen LogP contribution in [0.3, 0.4) is 0 Å². The van der Waals surface area contributed by atoms with E-state index in [-0.39, 0.29) is 30.4 Å². The number of anilines is 1. The molecular weight excluding hydrogens is 607 g/mol. The number of carbonyl (C=O) groups excluding carboxylic acids is 2. The lowest BCUT2D eigenvalue weighted by molar-refractivity contribution is -0.252. The zero-order valence-electron chi connectivity index (χ0n) is 23.9. The molecule has 2 heterocycles. The van der Waals surface area contributed by atoms with E-state index in [0.717, 1.165) is 22.3 Å². The number of rotatable bonds is 10. The standard InChI is InChI=1S/C32H32Cl2N4O6/c1-42-30(40)26(15-20-5-3-2-4-6-20)37-32(41)36-24-13-11-23(12-14-24)31-43-25(17-38-19-35-28(33)29(38)34)16-27(44-31)22-9-7-21(18-39)8-10-22/h2-14,19,25-27,31,39H,15-18H2,1H3,(H2,36,37,41). The lowest BCUT2D eigenvalue weighted by Crippen LogP contribution is -2.45. The second kappa shape index (κ2) is 14.7. The number of urea groups is 1. The van der Waals surface area contributed by atoms with Crippen molar-refractivity contribution in [3.8, 4) is 0 Å². The van der Waals surface area contributed by atoms with Crippen molar-refractivity contribution in [2.24, 2.45) is 0 Å². The smallest absolute Gasteiger partial charge is 0.328 e. The van der Waals surface area contributed by atoms with Gasteiger partial charge in [-0.25, -0.2) is 14.6 Å². The van der Waals surface area contributed by atoms with Crippen LogP contribution in [0.2, 0.25) is 10.3 Å². The van der Waals surface area contributed by atoms with Gasteiger partial charge < -0.3 is 34.5 Å². The van der Waals surface area contributed by atoms with E-state index < -0.39 is 24.3 Å². The zero-order valence-corrected chi connectivity index (χ0v) is 25.4.